The summed E-state index contributed by atoms with van der Waals surface area (Å²) in [5, 5.41) is 18.7. The van der Waals surface area contributed by atoms with E-state index in [1.807, 2.05) is 0 Å². The van der Waals surface area contributed by atoms with Crippen LogP contribution in [-0.2, 0) is 4.79 Å². The highest BCUT2D eigenvalue weighted by Crippen LogP contribution is 2.26. The Labute approximate surface area is 80.8 Å². The van der Waals surface area contributed by atoms with Crippen molar-refractivity contribution in [2.45, 2.75) is 19.4 Å². The molecule has 1 rings (SSSR count). The lowest BCUT2D eigenvalue weighted by molar-refractivity contribution is -0.118. The average Bonchev–Trinajstić information content (AvgIpc) is 2.08. The Kier molecular flexibility index (Phi) is 3.19. The van der Waals surface area contributed by atoms with Crippen LogP contribution in [0, 0.1) is 5.82 Å². The van der Waals surface area contributed by atoms with Crippen LogP contribution in [0.4, 0.5) is 4.39 Å². The first kappa shape index (κ1) is 10.7. The topological polar surface area (TPSA) is 57.5 Å². The van der Waals surface area contributed by atoms with E-state index in [1.165, 1.54) is 6.92 Å². The molecular formula is C10H11FO3. The number of aliphatic hydroxyl groups excluding tert-OH is 1. The molecule has 0 radical (unpaired) electrons. The molecule has 2 N–H and O–H groups in total. The van der Waals surface area contributed by atoms with Crippen LogP contribution in [0.3, 0.4) is 0 Å². The predicted molar refractivity (Wildman–Crippen MR) is 48.3 cm³/mol. The third kappa shape index (κ3) is 2.53. The van der Waals surface area contributed by atoms with E-state index in [0.29, 0.717) is 0 Å². The maximum atomic E-state index is 12.7. The molecule has 0 aliphatic carbocycles. The highest BCUT2D eigenvalue weighted by Gasteiger charge is 2.14. The molecule has 0 heterocycles. The van der Waals surface area contributed by atoms with Gasteiger partial charge in [0.25, 0.3) is 0 Å². The fourth-order valence-corrected chi connectivity index (χ4v) is 1.17. The molecule has 1 unspecified atom stereocenters. The van der Waals surface area contributed by atoms with Gasteiger partial charge >= 0.3 is 0 Å². The van der Waals surface area contributed by atoms with E-state index in [1.54, 1.807) is 0 Å². The van der Waals surface area contributed by atoms with Crippen molar-refractivity contribution >= 4 is 5.78 Å². The van der Waals surface area contributed by atoms with Crippen molar-refractivity contribution in [2.24, 2.45) is 0 Å². The number of ketones is 1. The number of phenolic OH excluding ortho intramolecular Hbond substituents is 1. The zero-order valence-corrected chi connectivity index (χ0v) is 7.70. The monoisotopic (exact) mass is 198 g/mol. The van der Waals surface area contributed by atoms with Crippen molar-refractivity contribution in [3.05, 3.63) is 29.6 Å². The Morgan fingerprint density at radius 2 is 2.21 bits per heavy atom. The van der Waals surface area contributed by atoms with E-state index in [0.717, 1.165) is 18.2 Å². The highest BCUT2D eigenvalue weighted by atomic mass is 19.1. The minimum absolute atomic E-state index is 0.0419. The van der Waals surface area contributed by atoms with E-state index in [2.05, 4.69) is 0 Å². The maximum absolute atomic E-state index is 12.7. The summed E-state index contributed by atoms with van der Waals surface area (Å²) in [4.78, 5) is 10.7. The Hall–Kier alpha value is -1.42. The van der Waals surface area contributed by atoms with Crippen molar-refractivity contribution < 1.29 is 19.4 Å². The van der Waals surface area contributed by atoms with Crippen molar-refractivity contribution in [3.8, 4) is 5.75 Å². The molecule has 0 aliphatic rings. The molecule has 0 aromatic heterocycles. The van der Waals surface area contributed by atoms with Gasteiger partial charge in [0.1, 0.15) is 17.3 Å². The summed E-state index contributed by atoms with van der Waals surface area (Å²) in [6.45, 7) is 1.32. The van der Waals surface area contributed by atoms with E-state index < -0.39 is 11.9 Å². The normalized spacial score (nSPS) is 12.5. The summed E-state index contributed by atoms with van der Waals surface area (Å²) < 4.78 is 12.7. The Bertz CT molecular complexity index is 349. The van der Waals surface area contributed by atoms with Gasteiger partial charge in [-0.15, -0.1) is 0 Å². The molecule has 1 aromatic carbocycles. The SMILES string of the molecule is CC(=O)CC(O)c1cc(F)ccc1O. The molecular weight excluding hydrogens is 187 g/mol. The molecule has 14 heavy (non-hydrogen) atoms. The van der Waals surface area contributed by atoms with Crippen molar-refractivity contribution in [2.75, 3.05) is 0 Å². The largest absolute Gasteiger partial charge is 0.508 e. The number of hydrogen-bond acceptors (Lipinski definition) is 3. The molecule has 0 amide bonds. The number of rotatable bonds is 3. The molecule has 1 aromatic rings. The van der Waals surface area contributed by atoms with Crippen LogP contribution in [0.1, 0.15) is 25.0 Å². The fraction of sp³-hybridized carbons (Fsp3) is 0.300. The first-order valence-corrected chi connectivity index (χ1v) is 4.16. The van der Waals surface area contributed by atoms with Gasteiger partial charge in [-0.25, -0.2) is 4.39 Å². The first-order chi connectivity index (χ1) is 6.50. The smallest absolute Gasteiger partial charge is 0.132 e. The van der Waals surface area contributed by atoms with Gasteiger partial charge in [-0.1, -0.05) is 0 Å². The standard InChI is InChI=1S/C10H11FO3/c1-6(12)4-10(14)8-5-7(11)2-3-9(8)13/h2-3,5,10,13-14H,4H2,1H3. The van der Waals surface area contributed by atoms with Crippen molar-refractivity contribution in [1.29, 1.82) is 0 Å². The predicted octanol–water partition coefficient (Wildman–Crippen LogP) is 1.54. The number of carbonyl (C=O) groups is 1. The lowest BCUT2D eigenvalue weighted by Gasteiger charge is -2.10. The van der Waals surface area contributed by atoms with Gasteiger partial charge < -0.3 is 10.2 Å². The van der Waals surface area contributed by atoms with Gasteiger partial charge in [-0.2, -0.15) is 0 Å². The minimum atomic E-state index is -1.15. The second kappa shape index (κ2) is 4.19. The van der Waals surface area contributed by atoms with Crippen LogP contribution >= 0.6 is 0 Å². The summed E-state index contributed by atoms with van der Waals surface area (Å²) in [6.07, 6.45) is -1.28. The van der Waals surface area contributed by atoms with Crippen LogP contribution in [0.25, 0.3) is 0 Å². The summed E-state index contributed by atoms with van der Waals surface area (Å²) in [5.74, 6) is -0.985. The van der Waals surface area contributed by atoms with Crippen LogP contribution < -0.4 is 0 Å². The summed E-state index contributed by atoms with van der Waals surface area (Å²) in [6, 6.07) is 3.25. The number of carbonyl (C=O) groups excluding carboxylic acids is 1. The summed E-state index contributed by atoms with van der Waals surface area (Å²) in [7, 11) is 0. The van der Waals surface area contributed by atoms with E-state index in [-0.39, 0.29) is 23.5 Å². The average molecular weight is 198 g/mol. The molecule has 0 aliphatic heterocycles. The lowest BCUT2D eigenvalue weighted by Crippen LogP contribution is -2.03. The number of halogens is 1. The zero-order valence-electron chi connectivity index (χ0n) is 7.70. The van der Waals surface area contributed by atoms with Crippen LogP contribution in [0.5, 0.6) is 5.75 Å². The number of aliphatic hydroxyl groups is 1. The first-order valence-electron chi connectivity index (χ1n) is 4.16. The van der Waals surface area contributed by atoms with Gasteiger partial charge in [0.05, 0.1) is 6.10 Å². The maximum Gasteiger partial charge on any atom is 0.132 e. The van der Waals surface area contributed by atoms with Gasteiger partial charge in [0.2, 0.25) is 0 Å². The molecule has 1 atom stereocenters. The second-order valence-corrected chi connectivity index (χ2v) is 3.13. The number of benzene rings is 1. The van der Waals surface area contributed by atoms with Gasteiger partial charge in [-0.3, -0.25) is 4.79 Å². The quantitative estimate of drug-likeness (QED) is 0.774. The number of hydrogen-bond donors (Lipinski definition) is 2. The van der Waals surface area contributed by atoms with Crippen molar-refractivity contribution in [1.82, 2.24) is 0 Å². The van der Waals surface area contributed by atoms with Crippen LogP contribution in [0.2, 0.25) is 0 Å². The fourth-order valence-electron chi connectivity index (χ4n) is 1.17. The van der Waals surface area contributed by atoms with Gasteiger partial charge in [-0.05, 0) is 25.1 Å². The number of Topliss-reactive ketones (excluding diaryl/α,β-unsaturated/α-hetero) is 1. The molecule has 76 valence electrons. The molecule has 0 spiro atoms. The number of phenols is 1. The molecule has 0 saturated carbocycles. The van der Waals surface area contributed by atoms with Crippen LogP contribution in [-0.4, -0.2) is 16.0 Å². The third-order valence-corrected chi connectivity index (χ3v) is 1.83. The molecule has 3 nitrogen and oxygen atoms in total. The summed E-state index contributed by atoms with van der Waals surface area (Å²) in [5.41, 5.74) is 0.0419. The Morgan fingerprint density at radius 3 is 2.79 bits per heavy atom. The van der Waals surface area contributed by atoms with E-state index >= 15 is 0 Å². The molecule has 0 saturated heterocycles. The lowest BCUT2D eigenvalue weighted by atomic mass is 10.0. The van der Waals surface area contributed by atoms with Crippen molar-refractivity contribution in [3.63, 3.8) is 0 Å². The highest BCUT2D eigenvalue weighted by molar-refractivity contribution is 5.76. The van der Waals surface area contributed by atoms with E-state index in [9.17, 15) is 19.4 Å². The molecule has 0 bridgehead atoms. The Morgan fingerprint density at radius 1 is 1.57 bits per heavy atom. The number of aromatic hydroxyl groups is 1. The minimum Gasteiger partial charge on any atom is -0.508 e. The second-order valence-electron chi connectivity index (χ2n) is 3.13. The molecule has 4 heteroatoms. The molecule has 0 fully saturated rings. The van der Waals surface area contributed by atoms with Crippen LogP contribution in [0.15, 0.2) is 18.2 Å². The summed E-state index contributed by atoms with van der Waals surface area (Å²) >= 11 is 0. The third-order valence-electron chi connectivity index (χ3n) is 1.83. The Balaban J connectivity index is 2.93. The van der Waals surface area contributed by atoms with Gasteiger partial charge in [0.15, 0.2) is 0 Å². The van der Waals surface area contributed by atoms with Gasteiger partial charge in [0, 0.05) is 12.0 Å². The van der Waals surface area contributed by atoms with E-state index in [4.69, 9.17) is 0 Å². The zero-order chi connectivity index (χ0) is 10.7.